The van der Waals surface area contributed by atoms with Gasteiger partial charge in [0.1, 0.15) is 11.6 Å². The summed E-state index contributed by atoms with van der Waals surface area (Å²) in [6.45, 7) is 0.227. The third-order valence-electron chi connectivity index (χ3n) is 4.65. The quantitative estimate of drug-likeness (QED) is 0.463. The van der Waals surface area contributed by atoms with Crippen LogP contribution in [-0.2, 0) is 13.6 Å². The molecule has 2 N–H and O–H groups in total. The summed E-state index contributed by atoms with van der Waals surface area (Å²) in [5.41, 5.74) is 1.32. The Morgan fingerprint density at radius 1 is 1.06 bits per heavy atom. The first-order valence-electron chi connectivity index (χ1n) is 9.58. The smallest absolute Gasteiger partial charge is 0.276 e. The molecule has 0 spiro atoms. The van der Waals surface area contributed by atoms with E-state index in [0.717, 1.165) is 0 Å². The number of amides is 2. The van der Waals surface area contributed by atoms with Crippen molar-refractivity contribution in [1.29, 1.82) is 0 Å². The number of rotatable bonds is 6. The minimum atomic E-state index is -0.482. The number of anilines is 2. The summed E-state index contributed by atoms with van der Waals surface area (Å²) in [7, 11) is 1.60. The number of aromatic nitrogens is 4. The molecule has 2 aromatic heterocycles. The van der Waals surface area contributed by atoms with Crippen molar-refractivity contribution < 1.29 is 14.0 Å². The molecule has 10 heteroatoms. The van der Waals surface area contributed by atoms with E-state index in [1.165, 1.54) is 27.7 Å². The number of hydrogen-bond acceptors (Lipinski definition) is 4. The monoisotopic (exact) mass is 452 g/mol. The van der Waals surface area contributed by atoms with Gasteiger partial charge in [-0.3, -0.25) is 19.0 Å². The van der Waals surface area contributed by atoms with Crippen molar-refractivity contribution in [2.75, 3.05) is 10.6 Å². The van der Waals surface area contributed by atoms with Gasteiger partial charge in [0.15, 0.2) is 5.69 Å². The molecule has 0 fully saturated rings. The Morgan fingerprint density at radius 3 is 2.59 bits per heavy atom. The fraction of sp³-hybridized carbons (Fsp3) is 0.0909. The van der Waals surface area contributed by atoms with Crippen LogP contribution in [0.3, 0.4) is 0 Å². The Labute approximate surface area is 187 Å². The zero-order chi connectivity index (χ0) is 22.7. The number of carbonyl (C=O) groups is 2. The van der Waals surface area contributed by atoms with Gasteiger partial charge in [-0.2, -0.15) is 10.2 Å². The fourth-order valence-electron chi connectivity index (χ4n) is 3.04. The number of hydrogen-bond donors (Lipinski definition) is 2. The first kappa shape index (κ1) is 21.3. The molecular weight excluding hydrogens is 435 g/mol. The molecule has 0 radical (unpaired) electrons. The summed E-state index contributed by atoms with van der Waals surface area (Å²) in [5.74, 6) is -0.895. The number of halogens is 2. The van der Waals surface area contributed by atoms with Crippen molar-refractivity contribution in [2.24, 2.45) is 7.05 Å². The van der Waals surface area contributed by atoms with Crippen LogP contribution in [0, 0.1) is 5.82 Å². The largest absolute Gasteiger partial charge is 0.318 e. The van der Waals surface area contributed by atoms with E-state index in [9.17, 15) is 14.0 Å². The zero-order valence-electron chi connectivity index (χ0n) is 16.9. The number of nitrogens with one attached hydrogen (secondary N) is 2. The van der Waals surface area contributed by atoms with Gasteiger partial charge in [-0.05, 0) is 18.2 Å². The maximum absolute atomic E-state index is 13.8. The van der Waals surface area contributed by atoms with Gasteiger partial charge < -0.3 is 10.6 Å². The van der Waals surface area contributed by atoms with Gasteiger partial charge in [0, 0.05) is 24.9 Å². The van der Waals surface area contributed by atoms with Crippen LogP contribution in [-0.4, -0.2) is 31.4 Å². The molecule has 4 aromatic rings. The SMILES string of the molecule is Cn1nc(C(=O)Nc2cnn(Cc3ccccc3F)c2)cc1NC(=O)c1ccccc1Cl. The van der Waals surface area contributed by atoms with Gasteiger partial charge in [-0.15, -0.1) is 0 Å². The fourth-order valence-corrected chi connectivity index (χ4v) is 3.26. The average Bonchev–Trinajstić information content (AvgIpc) is 3.36. The highest BCUT2D eigenvalue weighted by Crippen LogP contribution is 2.18. The highest BCUT2D eigenvalue weighted by atomic mass is 35.5. The van der Waals surface area contributed by atoms with Crippen molar-refractivity contribution in [1.82, 2.24) is 19.6 Å². The molecule has 2 aromatic carbocycles. The normalized spacial score (nSPS) is 10.7. The molecule has 32 heavy (non-hydrogen) atoms. The van der Waals surface area contributed by atoms with Gasteiger partial charge in [0.25, 0.3) is 11.8 Å². The lowest BCUT2D eigenvalue weighted by Gasteiger charge is -2.06. The predicted molar refractivity (Wildman–Crippen MR) is 118 cm³/mol. The summed E-state index contributed by atoms with van der Waals surface area (Å²) in [6, 6.07) is 14.5. The number of carbonyl (C=O) groups excluding carboxylic acids is 2. The third-order valence-corrected chi connectivity index (χ3v) is 4.98. The Morgan fingerprint density at radius 2 is 1.81 bits per heavy atom. The van der Waals surface area contributed by atoms with Crippen LogP contribution in [0.4, 0.5) is 15.9 Å². The minimum Gasteiger partial charge on any atom is -0.318 e. The van der Waals surface area contributed by atoms with E-state index in [0.29, 0.717) is 27.7 Å². The summed E-state index contributed by atoms with van der Waals surface area (Å²) >= 11 is 6.06. The highest BCUT2D eigenvalue weighted by Gasteiger charge is 2.17. The van der Waals surface area contributed by atoms with Gasteiger partial charge in [-0.25, -0.2) is 4.39 Å². The molecule has 4 rings (SSSR count). The molecule has 162 valence electrons. The van der Waals surface area contributed by atoms with Gasteiger partial charge >= 0.3 is 0 Å². The van der Waals surface area contributed by atoms with E-state index in [4.69, 9.17) is 11.6 Å². The molecule has 0 bridgehead atoms. The van der Waals surface area contributed by atoms with Crippen LogP contribution in [0.15, 0.2) is 67.0 Å². The molecule has 0 saturated heterocycles. The van der Waals surface area contributed by atoms with E-state index >= 15 is 0 Å². The summed E-state index contributed by atoms with van der Waals surface area (Å²) < 4.78 is 16.7. The third kappa shape index (κ3) is 4.68. The second-order valence-corrected chi connectivity index (χ2v) is 7.35. The van der Waals surface area contributed by atoms with E-state index < -0.39 is 11.8 Å². The van der Waals surface area contributed by atoms with E-state index in [1.807, 2.05) is 0 Å². The molecule has 2 amide bonds. The molecule has 0 unspecified atom stereocenters. The lowest BCUT2D eigenvalue weighted by atomic mass is 10.2. The average molecular weight is 453 g/mol. The number of benzene rings is 2. The van der Waals surface area contributed by atoms with Crippen LogP contribution in [0.1, 0.15) is 26.4 Å². The number of aryl methyl sites for hydroxylation is 1. The minimum absolute atomic E-state index is 0.101. The van der Waals surface area contributed by atoms with Crippen molar-refractivity contribution in [3.63, 3.8) is 0 Å². The topological polar surface area (TPSA) is 93.8 Å². The van der Waals surface area contributed by atoms with Crippen LogP contribution < -0.4 is 10.6 Å². The molecule has 0 saturated carbocycles. The van der Waals surface area contributed by atoms with Gasteiger partial charge in [0.2, 0.25) is 0 Å². The van der Waals surface area contributed by atoms with Crippen LogP contribution >= 0.6 is 11.6 Å². The maximum atomic E-state index is 13.8. The summed E-state index contributed by atoms with van der Waals surface area (Å²) in [4.78, 5) is 25.1. The van der Waals surface area contributed by atoms with E-state index in [1.54, 1.807) is 55.7 Å². The summed E-state index contributed by atoms with van der Waals surface area (Å²) in [5, 5.41) is 14.0. The molecule has 8 nitrogen and oxygen atoms in total. The predicted octanol–water partition coefficient (Wildman–Crippen LogP) is 3.96. The van der Waals surface area contributed by atoms with Gasteiger partial charge in [-0.1, -0.05) is 41.9 Å². The Balaban J connectivity index is 1.42. The lowest BCUT2D eigenvalue weighted by molar-refractivity contribution is 0.101. The van der Waals surface area contributed by atoms with Crippen molar-refractivity contribution in [2.45, 2.75) is 6.54 Å². The molecule has 0 aliphatic rings. The van der Waals surface area contributed by atoms with Crippen molar-refractivity contribution >= 4 is 34.9 Å². The molecular formula is C22H18ClFN6O2. The van der Waals surface area contributed by atoms with Crippen molar-refractivity contribution in [3.05, 3.63) is 94.7 Å². The first-order valence-corrected chi connectivity index (χ1v) is 9.95. The van der Waals surface area contributed by atoms with Crippen molar-refractivity contribution in [3.8, 4) is 0 Å². The molecule has 0 aliphatic heterocycles. The number of nitrogens with zero attached hydrogens (tertiary/aromatic N) is 4. The summed E-state index contributed by atoms with van der Waals surface area (Å²) in [6.07, 6.45) is 3.05. The lowest BCUT2D eigenvalue weighted by Crippen LogP contribution is -2.14. The molecule has 0 atom stereocenters. The highest BCUT2D eigenvalue weighted by molar-refractivity contribution is 6.34. The van der Waals surface area contributed by atoms with Crippen LogP contribution in [0.25, 0.3) is 0 Å². The first-order chi connectivity index (χ1) is 15.4. The van der Waals surface area contributed by atoms with E-state index in [-0.39, 0.29) is 18.1 Å². The van der Waals surface area contributed by atoms with E-state index in [2.05, 4.69) is 20.8 Å². The van der Waals surface area contributed by atoms with Crippen LogP contribution in [0.5, 0.6) is 0 Å². The molecule has 2 heterocycles. The zero-order valence-corrected chi connectivity index (χ0v) is 17.7. The van der Waals surface area contributed by atoms with Crippen LogP contribution in [0.2, 0.25) is 5.02 Å². The maximum Gasteiger partial charge on any atom is 0.276 e. The molecule has 0 aliphatic carbocycles. The van der Waals surface area contributed by atoms with Gasteiger partial charge in [0.05, 0.1) is 29.0 Å². The Kier molecular flexibility index (Phi) is 6.00. The Bertz CT molecular complexity index is 1300. The second kappa shape index (κ2) is 9.03. The second-order valence-electron chi connectivity index (χ2n) is 6.94. The standard InChI is InChI=1S/C22H18ClFN6O2/c1-29-20(27-21(31)16-7-3-4-8-17(16)23)10-19(28-29)22(32)26-15-11-25-30(13-15)12-14-6-2-5-9-18(14)24/h2-11,13H,12H2,1H3,(H,26,32)(H,27,31). The Hall–Kier alpha value is -3.98.